The highest BCUT2D eigenvalue weighted by Crippen LogP contribution is 2.33. The quantitative estimate of drug-likeness (QED) is 0.0888. The number of rotatable bonds is 13. The molecule has 5 aromatic rings. The van der Waals surface area contributed by atoms with Crippen molar-refractivity contribution in [2.45, 2.75) is 19.2 Å². The van der Waals surface area contributed by atoms with Crippen LogP contribution in [0, 0.1) is 5.41 Å². The molecule has 0 saturated heterocycles. The summed E-state index contributed by atoms with van der Waals surface area (Å²) >= 11 is 0. The fourth-order valence-electron chi connectivity index (χ4n) is 4.57. The number of para-hydroxylation sites is 1. The summed E-state index contributed by atoms with van der Waals surface area (Å²) in [6.45, 7) is 0.677. The molecular weight excluding hydrogens is 552 g/mol. The summed E-state index contributed by atoms with van der Waals surface area (Å²) in [7, 11) is 1.57. The maximum Gasteiger partial charge on any atom is 0.247 e. The van der Waals surface area contributed by atoms with E-state index in [2.05, 4.69) is 10.6 Å². The van der Waals surface area contributed by atoms with Gasteiger partial charge >= 0.3 is 0 Å². The Kier molecular flexibility index (Phi) is 9.74. The highest BCUT2D eigenvalue weighted by atomic mass is 16.5. The summed E-state index contributed by atoms with van der Waals surface area (Å²) < 4.78 is 17.8. The van der Waals surface area contributed by atoms with Crippen LogP contribution in [-0.4, -0.2) is 18.9 Å². The Hall–Kier alpha value is -5.76. The normalized spacial score (nSPS) is 11.2. The number of nitrogens with one attached hydrogen (secondary N) is 3. The van der Waals surface area contributed by atoms with E-state index >= 15 is 0 Å². The van der Waals surface area contributed by atoms with E-state index < -0.39 is 6.04 Å². The molecule has 5 aromatic carbocycles. The van der Waals surface area contributed by atoms with E-state index in [-0.39, 0.29) is 11.7 Å². The van der Waals surface area contributed by atoms with Gasteiger partial charge < -0.3 is 30.6 Å². The third-order valence-corrected chi connectivity index (χ3v) is 6.87. The first-order valence-corrected chi connectivity index (χ1v) is 14.1. The molecule has 0 spiro atoms. The van der Waals surface area contributed by atoms with Gasteiger partial charge in [0.05, 0.1) is 7.11 Å². The number of anilines is 1. The second kappa shape index (κ2) is 14.4. The average molecular weight is 587 g/mol. The third kappa shape index (κ3) is 7.95. The molecule has 8 nitrogen and oxygen atoms in total. The Morgan fingerprint density at radius 3 is 2.16 bits per heavy atom. The van der Waals surface area contributed by atoms with Crippen LogP contribution in [-0.2, 0) is 17.9 Å². The minimum absolute atomic E-state index is 0.0236. The van der Waals surface area contributed by atoms with Gasteiger partial charge in [0, 0.05) is 17.8 Å². The predicted octanol–water partition coefficient (Wildman–Crippen LogP) is 6.82. The van der Waals surface area contributed by atoms with Crippen LogP contribution in [0.1, 0.15) is 28.3 Å². The zero-order chi connectivity index (χ0) is 30.7. The summed E-state index contributed by atoms with van der Waals surface area (Å²) in [4.78, 5) is 13.5. The number of amidine groups is 1. The van der Waals surface area contributed by atoms with Gasteiger partial charge in [-0.15, -0.1) is 0 Å². The number of methoxy groups -OCH3 is 1. The Bertz CT molecular complexity index is 1690. The standard InChI is InChI=1S/C36H34N4O4/c1-42-33-22-28(17-20-32(33)43-24-26-11-8-14-31(21-26)44-30-12-6-3-7-13-30)34(36(41)39-23-25-9-4-2-5-10-25)40-29-18-15-27(16-19-29)35(37)38/h2-22,34,40H,23-24H2,1H3,(H3,37,38)(H,39,41)/t34-/m1/s1. The first-order chi connectivity index (χ1) is 21.5. The summed E-state index contributed by atoms with van der Waals surface area (Å²) in [6, 6.07) is 38.8. The molecule has 0 bridgehead atoms. The van der Waals surface area contributed by atoms with Crippen molar-refractivity contribution in [2.24, 2.45) is 5.73 Å². The monoisotopic (exact) mass is 586 g/mol. The van der Waals surface area contributed by atoms with Crippen LogP contribution in [0.15, 0.2) is 127 Å². The molecule has 8 heteroatoms. The van der Waals surface area contributed by atoms with E-state index in [0.29, 0.717) is 47.2 Å². The van der Waals surface area contributed by atoms with E-state index in [9.17, 15) is 4.79 Å². The van der Waals surface area contributed by atoms with Gasteiger partial charge in [-0.1, -0.05) is 66.7 Å². The lowest BCUT2D eigenvalue weighted by atomic mass is 10.0. The summed E-state index contributed by atoms with van der Waals surface area (Å²) in [5.41, 5.74) is 9.52. The predicted molar refractivity (Wildman–Crippen MR) is 172 cm³/mol. The number of nitrogen functional groups attached to an aromatic ring is 1. The first kappa shape index (κ1) is 29.7. The Morgan fingerprint density at radius 1 is 0.773 bits per heavy atom. The average Bonchev–Trinajstić information content (AvgIpc) is 3.06. The number of carbonyl (C=O) groups excluding carboxylic acids is 1. The van der Waals surface area contributed by atoms with Crippen LogP contribution in [0.5, 0.6) is 23.0 Å². The number of ether oxygens (including phenoxy) is 3. The minimum Gasteiger partial charge on any atom is -0.493 e. The lowest BCUT2D eigenvalue weighted by Crippen LogP contribution is -2.33. The highest BCUT2D eigenvalue weighted by Gasteiger charge is 2.22. The number of benzene rings is 5. The van der Waals surface area contributed by atoms with Crippen LogP contribution in [0.4, 0.5) is 5.69 Å². The zero-order valence-electron chi connectivity index (χ0n) is 24.3. The molecule has 222 valence electrons. The van der Waals surface area contributed by atoms with Gasteiger partial charge in [-0.25, -0.2) is 0 Å². The Labute approximate surface area is 256 Å². The van der Waals surface area contributed by atoms with Gasteiger partial charge in [0.2, 0.25) is 5.91 Å². The maximum absolute atomic E-state index is 13.5. The van der Waals surface area contributed by atoms with Gasteiger partial charge in [0.25, 0.3) is 0 Å². The Balaban J connectivity index is 1.33. The lowest BCUT2D eigenvalue weighted by molar-refractivity contribution is -0.122. The van der Waals surface area contributed by atoms with E-state index in [1.54, 1.807) is 43.5 Å². The number of nitrogens with two attached hydrogens (primary N) is 1. The van der Waals surface area contributed by atoms with Crippen LogP contribution < -0.4 is 30.6 Å². The first-order valence-electron chi connectivity index (χ1n) is 14.1. The minimum atomic E-state index is -0.739. The van der Waals surface area contributed by atoms with Crippen molar-refractivity contribution in [1.82, 2.24) is 5.32 Å². The molecule has 0 radical (unpaired) electrons. The van der Waals surface area contributed by atoms with E-state index in [0.717, 1.165) is 16.9 Å². The summed E-state index contributed by atoms with van der Waals surface area (Å²) in [5.74, 6) is 2.27. The van der Waals surface area contributed by atoms with Crippen molar-refractivity contribution in [2.75, 3.05) is 12.4 Å². The summed E-state index contributed by atoms with van der Waals surface area (Å²) in [6.07, 6.45) is 0. The zero-order valence-corrected chi connectivity index (χ0v) is 24.3. The van der Waals surface area contributed by atoms with Crippen LogP contribution in [0.25, 0.3) is 0 Å². The number of carbonyl (C=O) groups is 1. The second-order valence-electron chi connectivity index (χ2n) is 10.0. The summed E-state index contributed by atoms with van der Waals surface area (Å²) in [5, 5.41) is 14.0. The van der Waals surface area contributed by atoms with Gasteiger partial charge in [0.15, 0.2) is 11.5 Å². The van der Waals surface area contributed by atoms with Gasteiger partial charge in [-0.2, -0.15) is 0 Å². The molecule has 0 fully saturated rings. The lowest BCUT2D eigenvalue weighted by Gasteiger charge is -2.22. The largest absolute Gasteiger partial charge is 0.493 e. The number of hydrogen-bond donors (Lipinski definition) is 4. The molecule has 0 aliphatic carbocycles. The maximum atomic E-state index is 13.5. The van der Waals surface area contributed by atoms with Crippen LogP contribution in [0.2, 0.25) is 0 Å². The van der Waals surface area contributed by atoms with Crippen molar-refractivity contribution in [3.05, 3.63) is 150 Å². The van der Waals surface area contributed by atoms with Crippen molar-refractivity contribution in [3.8, 4) is 23.0 Å². The number of hydrogen-bond acceptors (Lipinski definition) is 6. The molecule has 44 heavy (non-hydrogen) atoms. The molecule has 0 aromatic heterocycles. The SMILES string of the molecule is COc1cc([C@@H](Nc2ccc(C(=N)N)cc2)C(=O)NCc2ccccc2)ccc1OCc1cccc(Oc2ccccc2)c1. The van der Waals surface area contributed by atoms with Crippen LogP contribution in [0.3, 0.4) is 0 Å². The highest BCUT2D eigenvalue weighted by molar-refractivity contribution is 5.95. The molecule has 0 unspecified atom stereocenters. The number of amides is 1. The van der Waals surface area contributed by atoms with E-state index in [4.69, 9.17) is 25.4 Å². The third-order valence-electron chi connectivity index (χ3n) is 6.87. The molecular formula is C36H34N4O4. The molecule has 1 atom stereocenters. The van der Waals surface area contributed by atoms with Crippen molar-refractivity contribution < 1.29 is 19.0 Å². The fraction of sp³-hybridized carbons (Fsp3) is 0.111. The topological polar surface area (TPSA) is 119 Å². The van der Waals surface area contributed by atoms with Crippen molar-refractivity contribution in [3.63, 3.8) is 0 Å². The van der Waals surface area contributed by atoms with E-state index in [1.807, 2.05) is 91.0 Å². The van der Waals surface area contributed by atoms with Crippen molar-refractivity contribution in [1.29, 1.82) is 5.41 Å². The second-order valence-corrected chi connectivity index (χ2v) is 10.0. The van der Waals surface area contributed by atoms with Gasteiger partial charge in [-0.3, -0.25) is 10.2 Å². The molecule has 5 N–H and O–H groups in total. The van der Waals surface area contributed by atoms with Crippen LogP contribution >= 0.6 is 0 Å². The molecule has 0 aliphatic rings. The van der Waals surface area contributed by atoms with Gasteiger partial charge in [0.1, 0.15) is 30.0 Å². The molecule has 0 saturated carbocycles. The van der Waals surface area contributed by atoms with Crippen molar-refractivity contribution >= 4 is 17.4 Å². The molecule has 0 aliphatic heterocycles. The fourth-order valence-corrected chi connectivity index (χ4v) is 4.57. The molecule has 0 heterocycles. The van der Waals surface area contributed by atoms with Gasteiger partial charge in [-0.05, 0) is 77.4 Å². The Morgan fingerprint density at radius 2 is 1.45 bits per heavy atom. The van der Waals surface area contributed by atoms with E-state index in [1.165, 1.54) is 0 Å². The molecule has 1 amide bonds. The molecule has 5 rings (SSSR count). The smallest absolute Gasteiger partial charge is 0.247 e.